The van der Waals surface area contributed by atoms with Crippen molar-refractivity contribution in [2.75, 3.05) is 31.5 Å². The Labute approximate surface area is 229 Å². The van der Waals surface area contributed by atoms with Gasteiger partial charge in [0.15, 0.2) is 5.13 Å². The van der Waals surface area contributed by atoms with Gasteiger partial charge in [0, 0.05) is 47.2 Å². The van der Waals surface area contributed by atoms with Gasteiger partial charge in [-0.2, -0.15) is 5.26 Å². The molecule has 1 fully saturated rings. The van der Waals surface area contributed by atoms with Crippen LogP contribution in [-0.2, 0) is 0 Å². The van der Waals surface area contributed by atoms with E-state index in [1.807, 2.05) is 46.7 Å². The van der Waals surface area contributed by atoms with Gasteiger partial charge in [0.2, 0.25) is 0 Å². The topological polar surface area (TPSA) is 72.3 Å². The Morgan fingerprint density at radius 2 is 1.46 bits per heavy atom. The second-order valence-electron chi connectivity index (χ2n) is 8.69. The molecule has 2 amide bonds. The largest absolute Gasteiger partial charge is 0.323 e. The average Bonchev–Trinajstić information content (AvgIpc) is 3.40. The Balaban J connectivity index is 1.24. The third-order valence-electron chi connectivity index (χ3n) is 6.37. The van der Waals surface area contributed by atoms with Crippen molar-refractivity contribution < 1.29 is 4.79 Å². The lowest BCUT2D eigenvalue weighted by Gasteiger charge is -2.39. The van der Waals surface area contributed by atoms with E-state index in [9.17, 15) is 4.79 Å². The predicted octanol–water partition coefficient (Wildman–Crippen LogP) is 6.93. The zero-order valence-electron chi connectivity index (χ0n) is 19.8. The molecule has 37 heavy (non-hydrogen) atoms. The molecule has 0 saturated carbocycles. The number of anilines is 1. The highest BCUT2D eigenvalue weighted by atomic mass is 35.5. The number of rotatable bonds is 5. The molecule has 1 aromatic heterocycles. The van der Waals surface area contributed by atoms with E-state index >= 15 is 0 Å². The number of urea groups is 1. The first-order valence-electron chi connectivity index (χ1n) is 11.8. The maximum absolute atomic E-state index is 13.0. The summed E-state index contributed by atoms with van der Waals surface area (Å²) in [6.07, 6.45) is 0. The van der Waals surface area contributed by atoms with E-state index in [-0.39, 0.29) is 12.1 Å². The monoisotopic (exact) mass is 547 g/mol. The highest BCUT2D eigenvalue weighted by Crippen LogP contribution is 2.31. The maximum atomic E-state index is 13.0. The van der Waals surface area contributed by atoms with Crippen LogP contribution in [0, 0.1) is 11.3 Å². The van der Waals surface area contributed by atoms with Gasteiger partial charge in [-0.15, -0.1) is 11.3 Å². The molecule has 6 nitrogen and oxygen atoms in total. The summed E-state index contributed by atoms with van der Waals surface area (Å²) in [4.78, 5) is 21.7. The predicted molar refractivity (Wildman–Crippen MR) is 149 cm³/mol. The maximum Gasteiger partial charge on any atom is 0.323 e. The van der Waals surface area contributed by atoms with Gasteiger partial charge in [-0.1, -0.05) is 59.6 Å². The summed E-state index contributed by atoms with van der Waals surface area (Å²) in [6.45, 7) is 2.63. The molecule has 2 heterocycles. The Morgan fingerprint density at radius 1 is 0.892 bits per heavy atom. The van der Waals surface area contributed by atoms with Crippen LogP contribution < -0.4 is 5.32 Å². The van der Waals surface area contributed by atoms with Crippen LogP contribution in [0.2, 0.25) is 10.0 Å². The minimum atomic E-state index is -0.157. The van der Waals surface area contributed by atoms with Crippen LogP contribution in [0.25, 0.3) is 11.3 Å². The number of amides is 2. The van der Waals surface area contributed by atoms with Crippen molar-refractivity contribution in [1.82, 2.24) is 14.8 Å². The summed E-state index contributed by atoms with van der Waals surface area (Å²) in [6, 6.07) is 25.0. The lowest BCUT2D eigenvalue weighted by atomic mass is 9.96. The molecule has 0 spiro atoms. The molecular formula is C28H23Cl2N5OS. The molecule has 9 heteroatoms. The molecule has 4 aromatic rings. The van der Waals surface area contributed by atoms with E-state index in [0.717, 1.165) is 35.5 Å². The molecule has 0 unspecified atom stereocenters. The van der Waals surface area contributed by atoms with Crippen LogP contribution >= 0.6 is 34.5 Å². The number of aromatic nitrogens is 1. The first kappa shape index (κ1) is 25.2. The number of nitriles is 1. The van der Waals surface area contributed by atoms with E-state index in [4.69, 9.17) is 28.5 Å². The number of halogens is 2. The lowest BCUT2D eigenvalue weighted by Crippen LogP contribution is -2.51. The number of benzene rings is 3. The van der Waals surface area contributed by atoms with E-state index in [1.54, 1.807) is 12.1 Å². The third kappa shape index (κ3) is 5.95. The summed E-state index contributed by atoms with van der Waals surface area (Å²) in [5, 5.41) is 15.8. The number of nitrogens with one attached hydrogen (secondary N) is 1. The number of nitrogens with zero attached hydrogens (tertiary/aromatic N) is 4. The second-order valence-corrected chi connectivity index (χ2v) is 10.4. The van der Waals surface area contributed by atoms with E-state index < -0.39 is 0 Å². The van der Waals surface area contributed by atoms with Crippen molar-refractivity contribution in [3.05, 3.63) is 105 Å². The summed E-state index contributed by atoms with van der Waals surface area (Å²) < 4.78 is 0. The standard InChI is InChI=1S/C28H23Cl2N5OS/c29-23-9-5-21(6-10-23)26(22-7-11-24(30)12-8-22)34-13-15-35(16-14-34)28(36)33-27-32-25(18-37-27)20-3-1-19(17-31)2-4-20/h1-12,18,26H,13-16H2,(H,32,33,36). The van der Waals surface area contributed by atoms with Crippen LogP contribution in [0.15, 0.2) is 78.2 Å². The Hall–Kier alpha value is -3.41. The minimum absolute atomic E-state index is 0.0358. The van der Waals surface area contributed by atoms with Crippen LogP contribution in [-0.4, -0.2) is 47.0 Å². The highest BCUT2D eigenvalue weighted by Gasteiger charge is 2.28. The van der Waals surface area contributed by atoms with Gasteiger partial charge >= 0.3 is 6.03 Å². The first-order chi connectivity index (χ1) is 18.0. The summed E-state index contributed by atoms with van der Waals surface area (Å²) in [5.74, 6) is 0. The fraction of sp³-hybridized carbons (Fsp3) is 0.179. The highest BCUT2D eigenvalue weighted by molar-refractivity contribution is 7.14. The number of thiazole rings is 1. The molecule has 1 N–H and O–H groups in total. The van der Waals surface area contributed by atoms with Gasteiger partial charge in [0.1, 0.15) is 0 Å². The summed E-state index contributed by atoms with van der Waals surface area (Å²) >= 11 is 13.7. The molecule has 186 valence electrons. The Kier molecular flexibility index (Phi) is 7.73. The van der Waals surface area contributed by atoms with Gasteiger partial charge in [0.25, 0.3) is 0 Å². The van der Waals surface area contributed by atoms with E-state index in [2.05, 4.69) is 45.5 Å². The van der Waals surface area contributed by atoms with Gasteiger partial charge in [-0.05, 0) is 47.5 Å². The quantitative estimate of drug-likeness (QED) is 0.294. The summed E-state index contributed by atoms with van der Waals surface area (Å²) in [7, 11) is 0. The smallest absolute Gasteiger partial charge is 0.322 e. The molecule has 1 aliphatic rings. The van der Waals surface area contributed by atoms with Crippen LogP contribution in [0.3, 0.4) is 0 Å². The average molecular weight is 548 g/mol. The lowest BCUT2D eigenvalue weighted by molar-refractivity contribution is 0.126. The number of carbonyl (C=O) groups excluding carboxylic acids is 1. The van der Waals surface area contributed by atoms with Crippen molar-refractivity contribution in [2.45, 2.75) is 6.04 Å². The zero-order valence-corrected chi connectivity index (χ0v) is 22.1. The molecule has 0 atom stereocenters. The molecule has 0 aliphatic carbocycles. The van der Waals surface area contributed by atoms with Gasteiger partial charge < -0.3 is 4.90 Å². The van der Waals surface area contributed by atoms with Crippen molar-refractivity contribution in [1.29, 1.82) is 5.26 Å². The summed E-state index contributed by atoms with van der Waals surface area (Å²) in [5.41, 5.74) is 4.55. The third-order valence-corrected chi connectivity index (χ3v) is 7.63. The molecule has 5 rings (SSSR count). The molecule has 1 aliphatic heterocycles. The number of hydrogen-bond donors (Lipinski definition) is 1. The SMILES string of the molecule is N#Cc1ccc(-c2csc(NC(=O)N3CCN(C(c4ccc(Cl)cc4)c4ccc(Cl)cc4)CC3)n2)cc1. The van der Waals surface area contributed by atoms with Gasteiger partial charge in [-0.25, -0.2) is 9.78 Å². The molecule has 0 bridgehead atoms. The number of piperazine rings is 1. The number of hydrogen-bond acceptors (Lipinski definition) is 5. The van der Waals surface area contributed by atoms with Crippen LogP contribution in [0.4, 0.5) is 9.93 Å². The van der Waals surface area contributed by atoms with Gasteiger partial charge in [0.05, 0.1) is 23.4 Å². The van der Waals surface area contributed by atoms with Crippen molar-refractivity contribution in [3.8, 4) is 17.3 Å². The molecule has 1 saturated heterocycles. The molecule has 0 radical (unpaired) electrons. The zero-order chi connectivity index (χ0) is 25.8. The second kappa shape index (κ2) is 11.3. The van der Waals surface area contributed by atoms with Crippen molar-refractivity contribution in [2.24, 2.45) is 0 Å². The van der Waals surface area contributed by atoms with Crippen LogP contribution in [0.5, 0.6) is 0 Å². The van der Waals surface area contributed by atoms with Crippen molar-refractivity contribution >= 4 is 45.7 Å². The van der Waals surface area contributed by atoms with Crippen molar-refractivity contribution in [3.63, 3.8) is 0 Å². The first-order valence-corrected chi connectivity index (χ1v) is 13.4. The fourth-order valence-electron chi connectivity index (χ4n) is 4.44. The fourth-order valence-corrected chi connectivity index (χ4v) is 5.40. The number of carbonyl (C=O) groups is 1. The Morgan fingerprint density at radius 3 is 2.00 bits per heavy atom. The molecular weight excluding hydrogens is 525 g/mol. The molecule has 3 aromatic carbocycles. The van der Waals surface area contributed by atoms with E-state index in [0.29, 0.717) is 33.8 Å². The minimum Gasteiger partial charge on any atom is -0.322 e. The van der Waals surface area contributed by atoms with E-state index in [1.165, 1.54) is 11.3 Å². The van der Waals surface area contributed by atoms with Crippen LogP contribution in [0.1, 0.15) is 22.7 Å². The normalized spacial score (nSPS) is 13.9. The Bertz CT molecular complexity index is 1360. The van der Waals surface area contributed by atoms with Gasteiger partial charge in [-0.3, -0.25) is 10.2 Å².